The van der Waals surface area contributed by atoms with E-state index in [0.717, 1.165) is 0 Å². The van der Waals surface area contributed by atoms with E-state index < -0.39 is 8.61 Å². The van der Waals surface area contributed by atoms with Gasteiger partial charge in [0.05, 0.1) is 0 Å². The minimum absolute atomic E-state index is 0.414. The maximum atomic E-state index is 9.52. The Kier molecular flexibility index (Phi) is 0.394. The van der Waals surface area contributed by atoms with Crippen LogP contribution in [0.2, 0.25) is 0 Å². The van der Waals surface area contributed by atoms with Crippen molar-refractivity contribution in [2.24, 2.45) is 0 Å². The number of nitrogens with zero attached hydrogens (tertiary/aromatic N) is 1. The first-order chi connectivity index (χ1) is 2.43. The summed E-state index contributed by atoms with van der Waals surface area (Å²) in [7, 11) is -0.414. The summed E-state index contributed by atoms with van der Waals surface area (Å²) in [6.45, 7) is 0. The summed E-state index contributed by atoms with van der Waals surface area (Å²) in [5.41, 5.74) is 0. The number of H-pyrrole nitrogens is 2. The largest absolute Gasteiger partial charge is 0.487 e. The van der Waals surface area contributed by atoms with Crippen LogP contribution in [0, 0.1) is 0 Å². The monoisotopic (exact) mass is 92.0 g/mol. The fourth-order valence-electron chi connectivity index (χ4n) is 0.0706. The van der Waals surface area contributed by atoms with Crippen LogP contribution < -0.4 is 0 Å². The predicted molar refractivity (Wildman–Crippen MR) is 17.5 cm³/mol. The Morgan fingerprint density at radius 1 is 1.60 bits per heavy atom. The fraction of sp³-hybridized carbons (Fsp3) is 0. The lowest BCUT2D eigenvalue weighted by Crippen LogP contribution is -1.50. The molecule has 1 aromatic heterocycles. The van der Waals surface area contributed by atoms with E-state index in [1.807, 2.05) is 0 Å². The molecule has 0 fully saturated rings. The Hall–Kier alpha value is -0.500. The quantitative estimate of drug-likeness (QED) is 0.468. The third kappa shape index (κ3) is 0.389. The molecule has 5 heteroatoms. The van der Waals surface area contributed by atoms with E-state index in [0.29, 0.717) is 0 Å². The lowest BCUT2D eigenvalue weighted by molar-refractivity contribution is 0.594. The molecule has 0 aromatic carbocycles. The fourth-order valence-corrected chi connectivity index (χ4v) is 0.212. The molecule has 0 aliphatic rings. The molecule has 0 aliphatic carbocycles. The van der Waals surface area contributed by atoms with Crippen molar-refractivity contribution in [2.45, 2.75) is 0 Å². The van der Waals surface area contributed by atoms with Crippen LogP contribution in [-0.2, 0) is 4.57 Å². The number of aromatic nitrogens is 3. The summed E-state index contributed by atoms with van der Waals surface area (Å²) < 4.78 is 10.9. The summed E-state index contributed by atoms with van der Waals surface area (Å²) in [5, 5.41) is 4.93. The second-order valence-electron chi connectivity index (χ2n) is 0.650. The van der Waals surface area contributed by atoms with Crippen molar-refractivity contribution in [3.05, 3.63) is 0 Å². The summed E-state index contributed by atoms with van der Waals surface area (Å²) in [4.78, 5) is 0. The Bertz CT molecular complexity index is 93.8. The third-order valence-corrected chi connectivity index (χ3v) is 0.721. The van der Waals surface area contributed by atoms with Gasteiger partial charge in [0.15, 0.2) is 0 Å². The molecular weight excluding hydrogens is 89.0 g/mol. The molecular formula is H3N3OP+. The first kappa shape index (κ1) is 2.72. The van der Waals surface area contributed by atoms with Gasteiger partial charge in [-0.25, -0.2) is 0 Å². The highest BCUT2D eigenvalue weighted by Gasteiger charge is 1.92. The van der Waals surface area contributed by atoms with Gasteiger partial charge in [0, 0.05) is 4.57 Å². The highest BCUT2D eigenvalue weighted by Crippen LogP contribution is 1.90. The highest BCUT2D eigenvalue weighted by atomic mass is 31.1. The third-order valence-electron chi connectivity index (χ3n) is 0.315. The Balaban J connectivity index is 2.64. The second kappa shape index (κ2) is 0.723. The molecule has 0 spiro atoms. The van der Waals surface area contributed by atoms with Crippen LogP contribution in [0.25, 0.3) is 0 Å². The number of hydrogen-bond acceptors (Lipinski definition) is 1. The molecule has 1 aromatic rings. The zero-order valence-corrected chi connectivity index (χ0v) is 3.36. The number of hydrogen-bond donors (Lipinski definition) is 2. The first-order valence-corrected chi connectivity index (χ1v) is 1.98. The van der Waals surface area contributed by atoms with Crippen LogP contribution in [0.4, 0.5) is 0 Å². The average Bonchev–Trinajstić information content (AvgIpc) is 2.12. The van der Waals surface area contributed by atoms with Gasteiger partial charge < -0.3 is 0 Å². The Morgan fingerprint density at radius 2 is 2.20 bits per heavy atom. The molecule has 0 bridgehead atoms. The molecule has 0 saturated heterocycles. The van der Waals surface area contributed by atoms with Crippen molar-refractivity contribution in [3.63, 3.8) is 0 Å². The van der Waals surface area contributed by atoms with Crippen molar-refractivity contribution in [1.82, 2.24) is 15.0 Å². The van der Waals surface area contributed by atoms with Gasteiger partial charge in [0.1, 0.15) is 0 Å². The smallest absolute Gasteiger partial charge is 0.165 e. The SMILES string of the molecule is O=[PH+]n1[nH][nH]1. The van der Waals surface area contributed by atoms with Gasteiger partial charge in [-0.3, -0.25) is 0 Å². The van der Waals surface area contributed by atoms with Crippen LogP contribution in [0.5, 0.6) is 0 Å². The molecule has 0 aliphatic heterocycles. The molecule has 2 N–H and O–H groups in total. The summed E-state index contributed by atoms with van der Waals surface area (Å²) in [6, 6.07) is 0. The highest BCUT2D eigenvalue weighted by molar-refractivity contribution is 7.21. The van der Waals surface area contributed by atoms with Gasteiger partial charge >= 0.3 is 8.61 Å². The van der Waals surface area contributed by atoms with Crippen molar-refractivity contribution < 1.29 is 4.57 Å². The Labute approximate surface area is 29.4 Å². The zero-order chi connectivity index (χ0) is 3.70. The van der Waals surface area contributed by atoms with E-state index in [-0.39, 0.29) is 0 Å². The molecule has 5 heavy (non-hydrogen) atoms. The average molecular weight is 92.0 g/mol. The van der Waals surface area contributed by atoms with Gasteiger partial charge in [-0.1, -0.05) is 0 Å². The lowest BCUT2D eigenvalue weighted by atomic mass is 13.2. The molecule has 4 nitrogen and oxygen atoms in total. The van der Waals surface area contributed by atoms with Crippen molar-refractivity contribution in [1.29, 1.82) is 0 Å². The number of rotatable bonds is 1. The summed E-state index contributed by atoms with van der Waals surface area (Å²) >= 11 is 0. The molecule has 1 unspecified atom stereocenters. The topological polar surface area (TPSA) is 53.6 Å². The molecule has 0 saturated carbocycles. The van der Waals surface area contributed by atoms with E-state index in [4.69, 9.17) is 0 Å². The second-order valence-corrected chi connectivity index (χ2v) is 1.28. The summed E-state index contributed by atoms with van der Waals surface area (Å²) in [5.74, 6) is 0. The normalized spacial score (nSPS) is 10.4. The molecule has 0 amide bonds. The molecule has 1 atom stereocenters. The minimum Gasteiger partial charge on any atom is -0.165 e. The van der Waals surface area contributed by atoms with E-state index in [1.54, 1.807) is 0 Å². The predicted octanol–water partition coefficient (Wildman–Crippen LogP) is -0.0686. The molecule has 1 heterocycles. The van der Waals surface area contributed by atoms with E-state index in [1.165, 1.54) is 4.57 Å². The maximum Gasteiger partial charge on any atom is 0.487 e. The van der Waals surface area contributed by atoms with Gasteiger partial charge in [0.25, 0.3) is 0 Å². The number of nitrogens with one attached hydrogen (secondary N) is 2. The number of aromatic amines is 2. The first-order valence-electron chi connectivity index (χ1n) is 1.12. The van der Waals surface area contributed by atoms with Crippen LogP contribution in [-0.4, -0.2) is 15.0 Å². The maximum absolute atomic E-state index is 9.52. The van der Waals surface area contributed by atoms with Crippen LogP contribution in [0.1, 0.15) is 0 Å². The molecule has 1 rings (SSSR count). The van der Waals surface area contributed by atoms with Gasteiger partial charge in [-0.15, -0.1) is 0 Å². The Morgan fingerprint density at radius 3 is 2.20 bits per heavy atom. The van der Waals surface area contributed by atoms with E-state index in [2.05, 4.69) is 10.4 Å². The zero-order valence-electron chi connectivity index (χ0n) is 2.36. The van der Waals surface area contributed by atoms with Crippen molar-refractivity contribution in [2.75, 3.05) is 0 Å². The van der Waals surface area contributed by atoms with Gasteiger partial charge in [-0.05, 0) is 4.57 Å². The van der Waals surface area contributed by atoms with Crippen molar-refractivity contribution >= 4 is 8.61 Å². The van der Waals surface area contributed by atoms with E-state index >= 15 is 0 Å². The van der Waals surface area contributed by atoms with Crippen LogP contribution in [0.15, 0.2) is 0 Å². The van der Waals surface area contributed by atoms with Crippen molar-refractivity contribution in [3.8, 4) is 0 Å². The van der Waals surface area contributed by atoms with Crippen LogP contribution in [0.3, 0.4) is 0 Å². The summed E-state index contributed by atoms with van der Waals surface area (Å²) in [6.07, 6.45) is 0. The molecule has 0 radical (unpaired) electrons. The van der Waals surface area contributed by atoms with Gasteiger partial charge in [0.2, 0.25) is 0 Å². The molecule has 28 valence electrons. The minimum atomic E-state index is -0.414. The van der Waals surface area contributed by atoms with E-state index in [9.17, 15) is 4.57 Å². The standard InChI is InChI=1S/H2N3OP/c4-5-3-1-2-3/h1-2H/p+1. The van der Waals surface area contributed by atoms with Crippen LogP contribution >= 0.6 is 8.61 Å². The van der Waals surface area contributed by atoms with Gasteiger partial charge in [-0.2, -0.15) is 10.4 Å². The lowest BCUT2D eigenvalue weighted by Gasteiger charge is -1.34.